The van der Waals surface area contributed by atoms with E-state index in [0.717, 1.165) is 19.3 Å². The van der Waals surface area contributed by atoms with Gasteiger partial charge in [0.1, 0.15) is 0 Å². The summed E-state index contributed by atoms with van der Waals surface area (Å²) in [4.78, 5) is 11.1. The highest BCUT2D eigenvalue weighted by atomic mass is 17.2. The molecule has 0 N–H and O–H groups in total. The smallest absolute Gasteiger partial charge is 0.319 e. The van der Waals surface area contributed by atoms with Crippen LogP contribution >= 0.6 is 0 Å². The number of unbranched alkanes of at least 4 members (excludes halogenated alkanes) is 1. The molecule has 0 saturated heterocycles. The molecule has 0 aliphatic carbocycles. The fourth-order valence-electron chi connectivity index (χ4n) is 2.09. The zero-order valence-electron chi connectivity index (χ0n) is 16.0. The molecule has 6 nitrogen and oxygen atoms in total. The Morgan fingerprint density at radius 1 is 0.957 bits per heavy atom. The van der Waals surface area contributed by atoms with Crippen LogP contribution in [0.3, 0.4) is 0 Å². The van der Waals surface area contributed by atoms with E-state index < -0.39 is 11.6 Å². The lowest BCUT2D eigenvalue weighted by molar-refractivity contribution is -0.507. The van der Waals surface area contributed by atoms with Gasteiger partial charge in [-0.1, -0.05) is 20.3 Å². The minimum atomic E-state index is -1.39. The van der Waals surface area contributed by atoms with Crippen molar-refractivity contribution < 1.29 is 28.7 Å². The Morgan fingerprint density at radius 2 is 1.65 bits per heavy atom. The van der Waals surface area contributed by atoms with E-state index in [1.54, 1.807) is 7.11 Å². The first-order valence-electron chi connectivity index (χ1n) is 8.66. The molecule has 0 aromatic heterocycles. The molecule has 23 heavy (non-hydrogen) atoms. The highest BCUT2D eigenvalue weighted by Crippen LogP contribution is 2.35. The molecule has 0 aliphatic rings. The van der Waals surface area contributed by atoms with E-state index >= 15 is 0 Å². The van der Waals surface area contributed by atoms with Crippen LogP contribution in [0, 0.1) is 0 Å². The topological polar surface area (TPSA) is 55.4 Å². The third-order valence-electron chi connectivity index (χ3n) is 3.11. The van der Waals surface area contributed by atoms with E-state index in [9.17, 15) is 0 Å². The lowest BCUT2D eigenvalue weighted by Crippen LogP contribution is -2.62. The third kappa shape index (κ3) is 7.45. The summed E-state index contributed by atoms with van der Waals surface area (Å²) in [5, 5.41) is 0. The average Bonchev–Trinajstić information content (AvgIpc) is 2.49. The number of hydrogen-bond donors (Lipinski definition) is 0. The lowest BCUT2D eigenvalue weighted by atomic mass is 10.0. The van der Waals surface area contributed by atoms with Crippen LogP contribution in [0.5, 0.6) is 0 Å². The molecule has 0 saturated carbocycles. The van der Waals surface area contributed by atoms with Crippen LogP contribution in [-0.2, 0) is 28.7 Å². The van der Waals surface area contributed by atoms with Crippen LogP contribution in [0.15, 0.2) is 0 Å². The Bertz CT molecular complexity index is 286. The van der Waals surface area contributed by atoms with E-state index in [1.165, 1.54) is 0 Å². The standard InChI is InChI=1S/C17H36O6/c1-8-11-13-21-23-16(6,14-18-7)17(19-10-3,20-12-9-2)22-15(4)5/h15H,8-14H2,1-7H3. The Balaban J connectivity index is 5.37. The van der Waals surface area contributed by atoms with E-state index in [0.29, 0.717) is 19.8 Å². The first-order valence-corrected chi connectivity index (χ1v) is 8.66. The molecule has 0 bridgehead atoms. The first kappa shape index (κ1) is 22.8. The minimum absolute atomic E-state index is 0.117. The van der Waals surface area contributed by atoms with Crippen LogP contribution in [0.4, 0.5) is 0 Å². The van der Waals surface area contributed by atoms with Crippen molar-refractivity contribution in [1.29, 1.82) is 0 Å². The molecule has 0 radical (unpaired) electrons. The largest absolute Gasteiger partial charge is 0.381 e. The predicted octanol–water partition coefficient (Wildman–Crippen LogP) is 3.68. The van der Waals surface area contributed by atoms with Crippen molar-refractivity contribution in [2.24, 2.45) is 0 Å². The van der Waals surface area contributed by atoms with E-state index in [1.807, 2.05) is 34.6 Å². The van der Waals surface area contributed by atoms with E-state index in [2.05, 4.69) is 6.92 Å². The van der Waals surface area contributed by atoms with Crippen molar-refractivity contribution in [3.63, 3.8) is 0 Å². The molecule has 0 spiro atoms. The van der Waals surface area contributed by atoms with Gasteiger partial charge in [-0.15, -0.1) is 0 Å². The van der Waals surface area contributed by atoms with Crippen LogP contribution in [0.1, 0.15) is 60.8 Å². The van der Waals surface area contributed by atoms with Crippen LogP contribution in [-0.4, -0.2) is 51.2 Å². The summed E-state index contributed by atoms with van der Waals surface area (Å²) in [5.74, 6) is -1.39. The number of methoxy groups -OCH3 is 1. The van der Waals surface area contributed by atoms with Gasteiger partial charge in [0.05, 0.1) is 25.9 Å². The van der Waals surface area contributed by atoms with Crippen LogP contribution in [0.25, 0.3) is 0 Å². The Kier molecular flexibility index (Phi) is 12.0. The van der Waals surface area contributed by atoms with Crippen molar-refractivity contribution >= 4 is 0 Å². The maximum atomic E-state index is 6.03. The molecule has 0 aromatic carbocycles. The van der Waals surface area contributed by atoms with Gasteiger partial charge in [0, 0.05) is 13.7 Å². The Morgan fingerprint density at radius 3 is 2.13 bits per heavy atom. The van der Waals surface area contributed by atoms with Crippen molar-refractivity contribution in [2.45, 2.75) is 78.5 Å². The van der Waals surface area contributed by atoms with Crippen molar-refractivity contribution in [3.8, 4) is 0 Å². The van der Waals surface area contributed by atoms with Gasteiger partial charge in [-0.05, 0) is 40.5 Å². The summed E-state index contributed by atoms with van der Waals surface area (Å²) in [7, 11) is 1.60. The summed E-state index contributed by atoms with van der Waals surface area (Å²) in [6.07, 6.45) is 2.64. The molecule has 0 aromatic rings. The summed E-state index contributed by atoms with van der Waals surface area (Å²) >= 11 is 0. The third-order valence-corrected chi connectivity index (χ3v) is 3.11. The fraction of sp³-hybridized carbons (Fsp3) is 1.00. The summed E-state index contributed by atoms with van der Waals surface area (Å²) in [6, 6.07) is 0. The number of hydrogen-bond acceptors (Lipinski definition) is 6. The van der Waals surface area contributed by atoms with Gasteiger partial charge in [0.25, 0.3) is 0 Å². The molecule has 0 rings (SSSR count). The molecule has 0 heterocycles. The van der Waals surface area contributed by atoms with Crippen molar-refractivity contribution in [2.75, 3.05) is 33.5 Å². The molecule has 0 fully saturated rings. The maximum absolute atomic E-state index is 6.03. The second-order valence-corrected chi connectivity index (χ2v) is 5.93. The molecular weight excluding hydrogens is 300 g/mol. The quantitative estimate of drug-likeness (QED) is 0.197. The van der Waals surface area contributed by atoms with Crippen LogP contribution in [0.2, 0.25) is 0 Å². The van der Waals surface area contributed by atoms with Gasteiger partial charge in [-0.3, -0.25) is 0 Å². The van der Waals surface area contributed by atoms with Gasteiger partial charge in [-0.2, -0.15) is 0 Å². The highest BCUT2D eigenvalue weighted by Gasteiger charge is 2.56. The monoisotopic (exact) mass is 336 g/mol. The molecule has 0 amide bonds. The van der Waals surface area contributed by atoms with Gasteiger partial charge >= 0.3 is 5.97 Å². The maximum Gasteiger partial charge on any atom is 0.319 e. The second kappa shape index (κ2) is 12.2. The van der Waals surface area contributed by atoms with Crippen LogP contribution < -0.4 is 0 Å². The molecule has 2 atom stereocenters. The Hall–Kier alpha value is -0.240. The summed E-state index contributed by atoms with van der Waals surface area (Å²) in [5.41, 5.74) is -1.06. The normalized spacial score (nSPS) is 17.2. The molecule has 6 heteroatoms. The summed E-state index contributed by atoms with van der Waals surface area (Å²) in [6.45, 7) is 13.3. The SMILES string of the molecule is CCCCOOC(C)(COC)C(OCC)(OCCC)OC(C)C. The van der Waals surface area contributed by atoms with E-state index in [-0.39, 0.29) is 12.7 Å². The number of rotatable bonds is 15. The number of ether oxygens (including phenoxy) is 4. The zero-order valence-corrected chi connectivity index (χ0v) is 16.0. The molecule has 2 unspecified atom stereocenters. The molecular formula is C17H36O6. The highest BCUT2D eigenvalue weighted by molar-refractivity contribution is 4.87. The minimum Gasteiger partial charge on any atom is -0.381 e. The summed E-state index contributed by atoms with van der Waals surface area (Å²) < 4.78 is 23.2. The fourth-order valence-corrected chi connectivity index (χ4v) is 2.09. The zero-order chi connectivity index (χ0) is 17.8. The van der Waals surface area contributed by atoms with Gasteiger partial charge in [0.2, 0.25) is 5.60 Å². The molecule has 0 aliphatic heterocycles. The second-order valence-electron chi connectivity index (χ2n) is 5.93. The van der Waals surface area contributed by atoms with Gasteiger partial charge < -0.3 is 18.9 Å². The molecule has 140 valence electrons. The van der Waals surface area contributed by atoms with Crippen molar-refractivity contribution in [1.82, 2.24) is 0 Å². The first-order chi connectivity index (χ1) is 10.9. The van der Waals surface area contributed by atoms with Crippen molar-refractivity contribution in [3.05, 3.63) is 0 Å². The van der Waals surface area contributed by atoms with Gasteiger partial charge in [-0.25, -0.2) is 9.78 Å². The average molecular weight is 336 g/mol. The van der Waals surface area contributed by atoms with E-state index in [4.69, 9.17) is 28.7 Å². The lowest BCUT2D eigenvalue weighted by Gasteiger charge is -2.45. The predicted molar refractivity (Wildman–Crippen MR) is 89.0 cm³/mol. The Labute approximate surface area is 141 Å². The van der Waals surface area contributed by atoms with Gasteiger partial charge in [0.15, 0.2) is 0 Å².